The van der Waals surface area contributed by atoms with Crippen LogP contribution in [0.2, 0.25) is 0 Å². The normalized spacial score (nSPS) is 17.5. The highest BCUT2D eigenvalue weighted by Crippen LogP contribution is 2.27. The van der Waals surface area contributed by atoms with Crippen molar-refractivity contribution in [2.75, 3.05) is 0 Å². The van der Waals surface area contributed by atoms with Crippen LogP contribution >= 0.6 is 15.9 Å². The van der Waals surface area contributed by atoms with Crippen LogP contribution in [0.5, 0.6) is 0 Å². The summed E-state index contributed by atoms with van der Waals surface area (Å²) in [6, 6.07) is 0. The maximum atomic E-state index is 3.71. The van der Waals surface area contributed by atoms with Crippen LogP contribution in [0.15, 0.2) is 0 Å². The van der Waals surface area contributed by atoms with Crippen LogP contribution in [-0.4, -0.2) is 4.83 Å². The average molecular weight is 235 g/mol. The SMILES string of the molecule is CCC(Br)C(C)CCC(C)(C)C. The maximum absolute atomic E-state index is 3.71. The lowest BCUT2D eigenvalue weighted by Gasteiger charge is -2.23. The van der Waals surface area contributed by atoms with Crippen molar-refractivity contribution in [2.24, 2.45) is 11.3 Å². The lowest BCUT2D eigenvalue weighted by atomic mass is 9.86. The Kier molecular flexibility index (Phi) is 5.47. The monoisotopic (exact) mass is 234 g/mol. The summed E-state index contributed by atoms with van der Waals surface area (Å²) in [5.74, 6) is 0.814. The fourth-order valence-electron chi connectivity index (χ4n) is 1.24. The molecular weight excluding hydrogens is 212 g/mol. The smallest absolute Gasteiger partial charge is 0.0168 e. The summed E-state index contributed by atoms with van der Waals surface area (Å²) in [4.78, 5) is 0.708. The third kappa shape index (κ3) is 6.05. The van der Waals surface area contributed by atoms with Crippen LogP contribution in [0.25, 0.3) is 0 Å². The molecule has 0 rings (SSSR count). The first-order valence-electron chi connectivity index (χ1n) is 5.01. The zero-order valence-electron chi connectivity index (χ0n) is 9.15. The molecule has 0 radical (unpaired) electrons. The second-order valence-electron chi connectivity index (χ2n) is 5.00. The largest absolute Gasteiger partial charge is 0.0888 e. The average Bonchev–Trinajstić information content (AvgIpc) is 1.97. The molecule has 0 heterocycles. The Hall–Kier alpha value is 0.480. The zero-order valence-corrected chi connectivity index (χ0v) is 10.7. The summed E-state index contributed by atoms with van der Waals surface area (Å²) in [5, 5.41) is 0. The van der Waals surface area contributed by atoms with Crippen LogP contribution in [0.3, 0.4) is 0 Å². The van der Waals surface area contributed by atoms with Gasteiger partial charge < -0.3 is 0 Å². The number of alkyl halides is 1. The van der Waals surface area contributed by atoms with Crippen molar-refractivity contribution >= 4 is 15.9 Å². The van der Waals surface area contributed by atoms with E-state index in [0.717, 1.165) is 5.92 Å². The molecule has 0 aromatic heterocycles. The van der Waals surface area contributed by atoms with Crippen molar-refractivity contribution < 1.29 is 0 Å². The minimum atomic E-state index is 0.495. The summed E-state index contributed by atoms with van der Waals surface area (Å²) in [5.41, 5.74) is 0.495. The van der Waals surface area contributed by atoms with Gasteiger partial charge in [0.15, 0.2) is 0 Å². The van der Waals surface area contributed by atoms with Crippen LogP contribution in [0.4, 0.5) is 0 Å². The van der Waals surface area contributed by atoms with E-state index in [2.05, 4.69) is 50.5 Å². The maximum Gasteiger partial charge on any atom is 0.0168 e. The Bertz CT molecular complexity index is 113. The Labute approximate surface area is 86.3 Å². The molecule has 0 saturated carbocycles. The number of rotatable bonds is 4. The van der Waals surface area contributed by atoms with E-state index in [9.17, 15) is 0 Å². The third-order valence-corrected chi connectivity index (χ3v) is 3.91. The molecular formula is C11H23Br. The number of hydrogen-bond acceptors (Lipinski definition) is 0. The van der Waals surface area contributed by atoms with Crippen molar-refractivity contribution in [2.45, 2.75) is 58.7 Å². The van der Waals surface area contributed by atoms with Crippen molar-refractivity contribution in [1.82, 2.24) is 0 Å². The second kappa shape index (κ2) is 5.26. The van der Waals surface area contributed by atoms with Crippen LogP contribution in [-0.2, 0) is 0 Å². The molecule has 74 valence electrons. The summed E-state index contributed by atoms with van der Waals surface area (Å²) in [7, 11) is 0. The van der Waals surface area contributed by atoms with E-state index in [0.29, 0.717) is 10.2 Å². The number of halogens is 1. The van der Waals surface area contributed by atoms with Gasteiger partial charge in [-0.2, -0.15) is 0 Å². The highest BCUT2D eigenvalue weighted by Gasteiger charge is 2.16. The standard InChI is InChI=1S/C11H23Br/c1-6-10(12)9(2)7-8-11(3,4)5/h9-10H,6-8H2,1-5H3. The van der Waals surface area contributed by atoms with Crippen molar-refractivity contribution in [3.8, 4) is 0 Å². The van der Waals surface area contributed by atoms with E-state index < -0.39 is 0 Å². The highest BCUT2D eigenvalue weighted by atomic mass is 79.9. The fraction of sp³-hybridized carbons (Fsp3) is 1.00. The van der Waals surface area contributed by atoms with E-state index in [4.69, 9.17) is 0 Å². The molecule has 0 bridgehead atoms. The number of hydrogen-bond donors (Lipinski definition) is 0. The second-order valence-corrected chi connectivity index (χ2v) is 6.18. The molecule has 0 saturated heterocycles. The molecule has 0 aliphatic carbocycles. The molecule has 2 unspecified atom stereocenters. The van der Waals surface area contributed by atoms with Crippen LogP contribution in [0.1, 0.15) is 53.9 Å². The zero-order chi connectivity index (χ0) is 9.78. The Morgan fingerprint density at radius 3 is 2.08 bits per heavy atom. The lowest BCUT2D eigenvalue weighted by Crippen LogP contribution is -2.13. The molecule has 0 nitrogen and oxygen atoms in total. The minimum absolute atomic E-state index is 0.495. The molecule has 0 aliphatic heterocycles. The summed E-state index contributed by atoms with van der Waals surface area (Å²) >= 11 is 3.71. The molecule has 0 amide bonds. The van der Waals surface area contributed by atoms with Crippen molar-refractivity contribution in [1.29, 1.82) is 0 Å². The minimum Gasteiger partial charge on any atom is -0.0888 e. The van der Waals surface area contributed by atoms with Gasteiger partial charge in [-0.15, -0.1) is 0 Å². The predicted octanol–water partition coefficient (Wildman–Crippen LogP) is 4.62. The van der Waals surface area contributed by atoms with Gasteiger partial charge in [0, 0.05) is 4.83 Å². The van der Waals surface area contributed by atoms with Crippen molar-refractivity contribution in [3.63, 3.8) is 0 Å². The van der Waals surface area contributed by atoms with Gasteiger partial charge in [-0.05, 0) is 30.6 Å². The van der Waals surface area contributed by atoms with Gasteiger partial charge in [-0.1, -0.05) is 50.5 Å². The van der Waals surface area contributed by atoms with Gasteiger partial charge in [-0.25, -0.2) is 0 Å². The quantitative estimate of drug-likeness (QED) is 0.623. The molecule has 0 spiro atoms. The molecule has 0 fully saturated rings. The van der Waals surface area contributed by atoms with Crippen molar-refractivity contribution in [3.05, 3.63) is 0 Å². The first-order valence-corrected chi connectivity index (χ1v) is 5.92. The summed E-state index contributed by atoms with van der Waals surface area (Å²) in [6.45, 7) is 11.5. The molecule has 0 aliphatic rings. The van der Waals surface area contributed by atoms with E-state index >= 15 is 0 Å². The molecule has 1 heteroatoms. The molecule has 0 aromatic rings. The van der Waals surface area contributed by atoms with E-state index in [1.54, 1.807) is 0 Å². The highest BCUT2D eigenvalue weighted by molar-refractivity contribution is 9.09. The van der Waals surface area contributed by atoms with Gasteiger partial charge in [0.2, 0.25) is 0 Å². The summed E-state index contributed by atoms with van der Waals surface area (Å²) in [6.07, 6.45) is 3.91. The summed E-state index contributed by atoms with van der Waals surface area (Å²) < 4.78 is 0. The van der Waals surface area contributed by atoms with Crippen LogP contribution in [0, 0.1) is 11.3 Å². The first-order chi connectivity index (χ1) is 5.37. The van der Waals surface area contributed by atoms with E-state index in [1.165, 1.54) is 19.3 Å². The van der Waals surface area contributed by atoms with Gasteiger partial charge in [-0.3, -0.25) is 0 Å². The van der Waals surface area contributed by atoms with Gasteiger partial charge >= 0.3 is 0 Å². The Balaban J connectivity index is 3.64. The van der Waals surface area contributed by atoms with Gasteiger partial charge in [0.1, 0.15) is 0 Å². The van der Waals surface area contributed by atoms with E-state index in [-0.39, 0.29) is 0 Å². The Morgan fingerprint density at radius 2 is 1.75 bits per heavy atom. The van der Waals surface area contributed by atoms with E-state index in [1.807, 2.05) is 0 Å². The molecule has 2 atom stereocenters. The first kappa shape index (κ1) is 12.5. The van der Waals surface area contributed by atoms with Gasteiger partial charge in [0.25, 0.3) is 0 Å². The predicted molar refractivity (Wildman–Crippen MR) is 60.9 cm³/mol. The Morgan fingerprint density at radius 1 is 1.25 bits per heavy atom. The third-order valence-electron chi connectivity index (χ3n) is 2.36. The molecule has 0 N–H and O–H groups in total. The fourth-order valence-corrected chi connectivity index (χ4v) is 1.51. The lowest BCUT2D eigenvalue weighted by molar-refractivity contribution is 0.327. The molecule has 0 aromatic carbocycles. The van der Waals surface area contributed by atoms with Gasteiger partial charge in [0.05, 0.1) is 0 Å². The molecule has 12 heavy (non-hydrogen) atoms. The van der Waals surface area contributed by atoms with Crippen LogP contribution < -0.4 is 0 Å². The topological polar surface area (TPSA) is 0 Å².